The minimum Gasteiger partial charge on any atom is -0.341 e. The molecule has 0 saturated heterocycles. The monoisotopic (exact) mass is 481 g/mol. The first-order chi connectivity index (χ1) is 15.9. The number of rotatable bonds is 7. The number of hydrogen-bond donors (Lipinski definition) is 0. The van der Waals surface area contributed by atoms with Crippen LogP contribution in [0, 0.1) is 5.82 Å². The van der Waals surface area contributed by atoms with Crippen LogP contribution in [-0.2, 0) is 17.9 Å². The van der Waals surface area contributed by atoms with E-state index in [0.29, 0.717) is 27.6 Å². The van der Waals surface area contributed by atoms with Crippen molar-refractivity contribution in [1.82, 2.24) is 14.5 Å². The standard InChI is InChI=1S/C25H21ClFN3O2S/c1-29(14-17-10-12-19(27)13-11-17)23(31)16-33-25-28-22-9-5-3-7-20(22)24(32)30(25)15-18-6-2-4-8-21(18)26/h2-13H,14-16H2,1H3. The van der Waals surface area contributed by atoms with Crippen molar-refractivity contribution in [2.75, 3.05) is 12.8 Å². The topological polar surface area (TPSA) is 55.2 Å². The number of aromatic nitrogens is 2. The van der Waals surface area contributed by atoms with E-state index < -0.39 is 0 Å². The Bertz CT molecular complexity index is 1360. The fraction of sp³-hybridized carbons (Fsp3) is 0.160. The summed E-state index contributed by atoms with van der Waals surface area (Å²) in [6.07, 6.45) is 0. The predicted molar refractivity (Wildman–Crippen MR) is 130 cm³/mol. The summed E-state index contributed by atoms with van der Waals surface area (Å²) in [6, 6.07) is 20.5. The van der Waals surface area contributed by atoms with E-state index in [1.807, 2.05) is 24.3 Å². The number of benzene rings is 3. The Labute approximate surface area is 199 Å². The molecule has 0 N–H and O–H groups in total. The number of thioether (sulfide) groups is 1. The molecule has 33 heavy (non-hydrogen) atoms. The third kappa shape index (κ3) is 5.43. The second kappa shape index (κ2) is 10.2. The van der Waals surface area contributed by atoms with Crippen LogP contribution >= 0.6 is 23.4 Å². The Morgan fingerprint density at radius 3 is 2.52 bits per heavy atom. The molecule has 0 spiro atoms. The van der Waals surface area contributed by atoms with Gasteiger partial charge in [0.05, 0.1) is 23.2 Å². The number of halogens is 2. The third-order valence-electron chi connectivity index (χ3n) is 5.20. The van der Waals surface area contributed by atoms with Crippen molar-refractivity contribution in [1.29, 1.82) is 0 Å². The zero-order valence-electron chi connectivity index (χ0n) is 17.9. The highest BCUT2D eigenvalue weighted by Crippen LogP contribution is 2.22. The van der Waals surface area contributed by atoms with Gasteiger partial charge in [-0.1, -0.05) is 65.8 Å². The van der Waals surface area contributed by atoms with Crippen molar-refractivity contribution >= 4 is 40.2 Å². The minimum atomic E-state index is -0.317. The molecule has 0 atom stereocenters. The number of nitrogens with zero attached hydrogens (tertiary/aromatic N) is 3. The first kappa shape index (κ1) is 23.0. The zero-order valence-corrected chi connectivity index (χ0v) is 19.4. The van der Waals surface area contributed by atoms with Gasteiger partial charge in [-0.2, -0.15) is 0 Å². The Hall–Kier alpha value is -3.16. The fourth-order valence-electron chi connectivity index (χ4n) is 3.38. The lowest BCUT2D eigenvalue weighted by Gasteiger charge is -2.18. The van der Waals surface area contributed by atoms with Crippen LogP contribution in [0.5, 0.6) is 0 Å². The molecule has 1 heterocycles. The summed E-state index contributed by atoms with van der Waals surface area (Å²) in [5.74, 6) is -0.344. The van der Waals surface area contributed by atoms with E-state index in [4.69, 9.17) is 11.6 Å². The molecule has 4 aromatic rings. The molecular formula is C25H21ClFN3O2S. The van der Waals surface area contributed by atoms with Gasteiger partial charge >= 0.3 is 0 Å². The molecule has 168 valence electrons. The Morgan fingerprint density at radius 2 is 1.76 bits per heavy atom. The smallest absolute Gasteiger partial charge is 0.262 e. The van der Waals surface area contributed by atoms with Gasteiger partial charge in [0.1, 0.15) is 5.82 Å². The molecule has 0 bridgehead atoms. The highest BCUT2D eigenvalue weighted by atomic mass is 35.5. The van der Waals surface area contributed by atoms with E-state index in [-0.39, 0.29) is 29.6 Å². The maximum absolute atomic E-state index is 13.3. The summed E-state index contributed by atoms with van der Waals surface area (Å²) in [4.78, 5) is 32.2. The molecule has 8 heteroatoms. The van der Waals surface area contributed by atoms with Crippen LogP contribution < -0.4 is 5.56 Å². The second-order valence-corrected chi connectivity index (χ2v) is 8.91. The van der Waals surface area contributed by atoms with Crippen LogP contribution in [0.25, 0.3) is 10.9 Å². The van der Waals surface area contributed by atoms with Gasteiger partial charge in [0.25, 0.3) is 5.56 Å². The van der Waals surface area contributed by atoms with Gasteiger partial charge in [-0.25, -0.2) is 9.37 Å². The summed E-state index contributed by atoms with van der Waals surface area (Å²) in [5.41, 5.74) is 2.01. The number of carbonyl (C=O) groups is 1. The van der Waals surface area contributed by atoms with E-state index in [1.54, 1.807) is 52.9 Å². The van der Waals surface area contributed by atoms with Crippen molar-refractivity contribution in [3.05, 3.63) is 105 Å². The maximum atomic E-state index is 13.3. The first-order valence-corrected chi connectivity index (χ1v) is 11.6. The first-order valence-electron chi connectivity index (χ1n) is 10.3. The van der Waals surface area contributed by atoms with Crippen LogP contribution in [0.15, 0.2) is 82.7 Å². The highest BCUT2D eigenvalue weighted by Gasteiger charge is 2.16. The molecule has 3 aromatic carbocycles. The summed E-state index contributed by atoms with van der Waals surface area (Å²) in [5, 5.41) is 1.51. The van der Waals surface area contributed by atoms with Crippen LogP contribution in [-0.4, -0.2) is 33.2 Å². The van der Waals surface area contributed by atoms with E-state index in [1.165, 1.54) is 23.9 Å². The van der Waals surface area contributed by atoms with Crippen LogP contribution in [0.1, 0.15) is 11.1 Å². The average Bonchev–Trinajstić information content (AvgIpc) is 2.82. The van der Waals surface area contributed by atoms with Crippen molar-refractivity contribution in [2.24, 2.45) is 0 Å². The Kier molecular flexibility index (Phi) is 7.11. The summed E-state index contributed by atoms with van der Waals surface area (Å²) in [7, 11) is 1.69. The van der Waals surface area contributed by atoms with Gasteiger partial charge in [-0.3, -0.25) is 14.2 Å². The highest BCUT2D eigenvalue weighted by molar-refractivity contribution is 7.99. The van der Waals surface area contributed by atoms with Gasteiger partial charge < -0.3 is 4.90 Å². The maximum Gasteiger partial charge on any atom is 0.262 e. The molecule has 0 aliphatic rings. The van der Waals surface area contributed by atoms with E-state index >= 15 is 0 Å². The predicted octanol–water partition coefficient (Wildman–Crippen LogP) is 4.99. The second-order valence-electron chi connectivity index (χ2n) is 7.56. The van der Waals surface area contributed by atoms with Crippen LogP contribution in [0.4, 0.5) is 4.39 Å². The molecule has 1 amide bonds. The fourth-order valence-corrected chi connectivity index (χ4v) is 4.52. The molecule has 4 rings (SSSR count). The van der Waals surface area contributed by atoms with Crippen molar-refractivity contribution in [3.8, 4) is 0 Å². The van der Waals surface area contributed by atoms with E-state index in [2.05, 4.69) is 4.98 Å². The van der Waals surface area contributed by atoms with Gasteiger partial charge in [-0.05, 0) is 41.5 Å². The van der Waals surface area contributed by atoms with Crippen molar-refractivity contribution in [2.45, 2.75) is 18.2 Å². The molecule has 0 radical (unpaired) electrons. The summed E-state index contributed by atoms with van der Waals surface area (Å²) in [6.45, 7) is 0.607. The summed E-state index contributed by atoms with van der Waals surface area (Å²) < 4.78 is 14.7. The number of carbonyl (C=O) groups excluding carboxylic acids is 1. The molecule has 0 fully saturated rings. The quantitative estimate of drug-likeness (QED) is 0.276. The minimum absolute atomic E-state index is 0.102. The lowest BCUT2D eigenvalue weighted by atomic mass is 10.2. The Morgan fingerprint density at radius 1 is 1.06 bits per heavy atom. The number of hydrogen-bond acceptors (Lipinski definition) is 4. The zero-order chi connectivity index (χ0) is 23.4. The molecule has 0 aliphatic heterocycles. The SMILES string of the molecule is CN(Cc1ccc(F)cc1)C(=O)CSc1nc2ccccc2c(=O)n1Cc1ccccc1Cl. The lowest BCUT2D eigenvalue weighted by Crippen LogP contribution is -2.29. The number of amides is 1. The molecule has 0 saturated carbocycles. The van der Waals surface area contributed by atoms with Gasteiger partial charge in [0.15, 0.2) is 5.16 Å². The lowest BCUT2D eigenvalue weighted by molar-refractivity contribution is -0.127. The summed E-state index contributed by atoms with van der Waals surface area (Å²) >= 11 is 7.53. The Balaban J connectivity index is 1.58. The largest absolute Gasteiger partial charge is 0.341 e. The van der Waals surface area contributed by atoms with Crippen LogP contribution in [0.3, 0.4) is 0 Å². The van der Waals surface area contributed by atoms with Crippen molar-refractivity contribution < 1.29 is 9.18 Å². The number of fused-ring (bicyclic) bond motifs is 1. The molecule has 0 unspecified atom stereocenters. The van der Waals surface area contributed by atoms with Crippen molar-refractivity contribution in [3.63, 3.8) is 0 Å². The molecule has 5 nitrogen and oxygen atoms in total. The van der Waals surface area contributed by atoms with Gasteiger partial charge in [0.2, 0.25) is 5.91 Å². The third-order valence-corrected chi connectivity index (χ3v) is 6.53. The normalized spacial score (nSPS) is 11.0. The van der Waals surface area contributed by atoms with Crippen LogP contribution in [0.2, 0.25) is 5.02 Å². The van der Waals surface area contributed by atoms with Gasteiger partial charge in [0, 0.05) is 18.6 Å². The number of para-hydroxylation sites is 1. The van der Waals surface area contributed by atoms with Gasteiger partial charge in [-0.15, -0.1) is 0 Å². The molecular weight excluding hydrogens is 461 g/mol. The molecule has 1 aromatic heterocycles. The van der Waals surface area contributed by atoms with E-state index in [0.717, 1.165) is 11.1 Å². The molecule has 0 aliphatic carbocycles. The average molecular weight is 482 g/mol. The van der Waals surface area contributed by atoms with E-state index in [9.17, 15) is 14.0 Å².